The maximum atomic E-state index is 11.0. The van der Waals surface area contributed by atoms with E-state index >= 15 is 0 Å². The largest absolute Gasteiger partial charge is 0.390 e. The monoisotopic (exact) mass is 337 g/mol. The molecular weight excluding hydrogens is 314 g/mol. The molecule has 0 spiro atoms. The molecule has 1 N–H and O–H groups in total. The molecule has 2 atom stereocenters. The molecule has 4 fully saturated rings. The molecule has 0 amide bonds. The van der Waals surface area contributed by atoms with Crippen molar-refractivity contribution in [1.29, 1.82) is 0 Å². The number of hydrogen-bond acceptors (Lipinski definition) is 3. The predicted molar refractivity (Wildman–Crippen MR) is 99.3 cm³/mol. The summed E-state index contributed by atoms with van der Waals surface area (Å²) in [5, 5.41) is 13.0. The van der Waals surface area contributed by atoms with Crippen LogP contribution in [-0.2, 0) is 5.41 Å². The Kier molecular flexibility index (Phi) is 3.26. The van der Waals surface area contributed by atoms with E-state index in [0.29, 0.717) is 0 Å². The Morgan fingerprint density at radius 3 is 2.42 bits per heavy atom. The van der Waals surface area contributed by atoms with Crippen molar-refractivity contribution in [2.75, 3.05) is 0 Å². The maximum Gasteiger partial charge on any atom is 0.0661 e. The third kappa shape index (κ3) is 2.46. The average Bonchev–Trinajstić information content (AvgIpc) is 3.04. The van der Waals surface area contributed by atoms with Crippen molar-refractivity contribution in [1.82, 2.24) is 0 Å². The van der Waals surface area contributed by atoms with E-state index in [4.69, 9.17) is 0 Å². The lowest BCUT2D eigenvalue weighted by atomic mass is 9.46. The van der Waals surface area contributed by atoms with Gasteiger partial charge in [0.05, 0.1) is 11.3 Å². The first-order chi connectivity index (χ1) is 11.6. The lowest BCUT2D eigenvalue weighted by molar-refractivity contribution is -0.136. The van der Waals surface area contributed by atoms with E-state index in [-0.39, 0.29) is 11.0 Å². The minimum Gasteiger partial charge on any atom is -0.390 e. The zero-order chi connectivity index (χ0) is 16.2. The summed E-state index contributed by atoms with van der Waals surface area (Å²) >= 11 is 1.71. The minimum absolute atomic E-state index is 0.217. The zero-order valence-corrected chi connectivity index (χ0v) is 14.6. The highest BCUT2D eigenvalue weighted by Crippen LogP contribution is 2.62. The Morgan fingerprint density at radius 1 is 1.04 bits per heavy atom. The zero-order valence-electron chi connectivity index (χ0n) is 13.8. The van der Waals surface area contributed by atoms with Crippen LogP contribution in [0, 0.1) is 11.8 Å². The van der Waals surface area contributed by atoms with E-state index in [2.05, 4.69) is 40.7 Å². The van der Waals surface area contributed by atoms with Gasteiger partial charge in [0.15, 0.2) is 0 Å². The average molecular weight is 337 g/mol. The quantitative estimate of drug-likeness (QED) is 0.778. The van der Waals surface area contributed by atoms with E-state index in [9.17, 15) is 5.11 Å². The fraction of sp³-hybridized carbons (Fsp3) is 0.476. The molecule has 4 aliphatic carbocycles. The molecule has 3 heteroatoms. The summed E-state index contributed by atoms with van der Waals surface area (Å²) in [4.78, 5) is 5.77. The Bertz CT molecular complexity index is 748. The molecule has 24 heavy (non-hydrogen) atoms. The van der Waals surface area contributed by atoms with Gasteiger partial charge in [-0.2, -0.15) is 0 Å². The standard InChI is InChI=1S/C21H23NOS/c23-21-11-15-8-16(12-21)10-20(9-15,14-21)17-3-5-18(6-4-17)22-13-19-2-1-7-24-19/h1-7,13,15-16,23H,8-12,14H2. The molecular formula is C21H23NOS. The van der Waals surface area contributed by atoms with Crippen LogP contribution < -0.4 is 0 Å². The Hall–Kier alpha value is -1.45. The molecule has 2 aromatic rings. The summed E-state index contributed by atoms with van der Waals surface area (Å²) in [5.74, 6) is 1.46. The Labute approximate surface area is 147 Å². The predicted octanol–water partition coefficient (Wildman–Crippen LogP) is 5.08. The molecule has 4 saturated carbocycles. The molecule has 4 bridgehead atoms. The van der Waals surface area contributed by atoms with Crippen LogP contribution in [0.1, 0.15) is 49.0 Å². The van der Waals surface area contributed by atoms with Gasteiger partial charge in [0.25, 0.3) is 0 Å². The second kappa shape index (κ2) is 5.27. The van der Waals surface area contributed by atoms with Crippen molar-refractivity contribution in [3.05, 3.63) is 52.2 Å². The van der Waals surface area contributed by atoms with Crippen molar-refractivity contribution < 1.29 is 5.11 Å². The maximum absolute atomic E-state index is 11.0. The normalized spacial score (nSPS) is 37.4. The third-order valence-electron chi connectivity index (χ3n) is 6.39. The minimum atomic E-state index is -0.389. The molecule has 6 rings (SSSR count). The number of aliphatic imine (C=N–C) groups is 1. The van der Waals surface area contributed by atoms with E-state index in [1.54, 1.807) is 11.3 Å². The van der Waals surface area contributed by atoms with E-state index in [0.717, 1.165) is 36.8 Å². The van der Waals surface area contributed by atoms with Crippen molar-refractivity contribution >= 4 is 23.2 Å². The molecule has 1 aromatic heterocycles. The first-order valence-electron chi connectivity index (χ1n) is 9.03. The fourth-order valence-electron chi connectivity index (χ4n) is 5.96. The smallest absolute Gasteiger partial charge is 0.0661 e. The summed E-state index contributed by atoms with van der Waals surface area (Å²) in [5.41, 5.74) is 2.26. The summed E-state index contributed by atoms with van der Waals surface area (Å²) in [6, 6.07) is 12.9. The van der Waals surface area contributed by atoms with Gasteiger partial charge in [-0.25, -0.2) is 0 Å². The molecule has 0 saturated heterocycles. The first-order valence-corrected chi connectivity index (χ1v) is 9.91. The van der Waals surface area contributed by atoms with Crippen LogP contribution in [0.25, 0.3) is 0 Å². The molecule has 1 aromatic carbocycles. The second-order valence-electron chi connectivity index (χ2n) is 8.29. The molecule has 0 radical (unpaired) electrons. The number of thiophene rings is 1. The molecule has 2 unspecified atom stereocenters. The van der Waals surface area contributed by atoms with Crippen LogP contribution in [0.5, 0.6) is 0 Å². The highest BCUT2D eigenvalue weighted by atomic mass is 32.1. The van der Waals surface area contributed by atoms with Gasteiger partial charge in [-0.15, -0.1) is 11.3 Å². The van der Waals surface area contributed by atoms with Crippen molar-refractivity contribution in [2.45, 2.75) is 49.5 Å². The fourth-order valence-corrected chi connectivity index (χ4v) is 6.54. The number of hydrogen-bond donors (Lipinski definition) is 1. The molecule has 1 heterocycles. The van der Waals surface area contributed by atoms with Crippen LogP contribution >= 0.6 is 11.3 Å². The Balaban J connectivity index is 1.41. The van der Waals surface area contributed by atoms with Crippen LogP contribution in [-0.4, -0.2) is 16.9 Å². The number of nitrogens with zero attached hydrogens (tertiary/aromatic N) is 1. The van der Waals surface area contributed by atoms with Gasteiger partial charge in [-0.3, -0.25) is 4.99 Å². The van der Waals surface area contributed by atoms with E-state index in [1.165, 1.54) is 29.7 Å². The summed E-state index contributed by atoms with van der Waals surface area (Å²) in [7, 11) is 0. The second-order valence-corrected chi connectivity index (χ2v) is 9.27. The lowest BCUT2D eigenvalue weighted by Crippen LogP contribution is -2.57. The van der Waals surface area contributed by atoms with Crippen LogP contribution in [0.4, 0.5) is 5.69 Å². The molecule has 4 aliphatic rings. The summed E-state index contributed by atoms with van der Waals surface area (Å²) in [6.07, 6.45) is 8.85. The third-order valence-corrected chi connectivity index (χ3v) is 7.20. The van der Waals surface area contributed by atoms with Crippen molar-refractivity contribution in [3.8, 4) is 0 Å². The molecule has 0 aliphatic heterocycles. The summed E-state index contributed by atoms with van der Waals surface area (Å²) in [6.45, 7) is 0. The SMILES string of the molecule is OC12CC3CC(C1)CC(c1ccc(N=Cc4cccs4)cc1)(C3)C2. The Morgan fingerprint density at radius 2 is 1.79 bits per heavy atom. The molecule has 2 nitrogen and oxygen atoms in total. The highest BCUT2D eigenvalue weighted by Gasteiger charge is 2.57. The van der Waals surface area contributed by atoms with Gasteiger partial charge in [-0.1, -0.05) is 18.2 Å². The van der Waals surface area contributed by atoms with Crippen LogP contribution in [0.3, 0.4) is 0 Å². The van der Waals surface area contributed by atoms with Gasteiger partial charge in [-0.05, 0) is 84.9 Å². The summed E-state index contributed by atoms with van der Waals surface area (Å²) < 4.78 is 0. The number of benzene rings is 1. The lowest BCUT2D eigenvalue weighted by Gasteiger charge is -2.60. The van der Waals surface area contributed by atoms with Crippen LogP contribution in [0.2, 0.25) is 0 Å². The number of rotatable bonds is 3. The van der Waals surface area contributed by atoms with Gasteiger partial charge in [0.2, 0.25) is 0 Å². The van der Waals surface area contributed by atoms with Crippen molar-refractivity contribution in [3.63, 3.8) is 0 Å². The van der Waals surface area contributed by atoms with Gasteiger partial charge >= 0.3 is 0 Å². The van der Waals surface area contributed by atoms with Crippen molar-refractivity contribution in [2.24, 2.45) is 16.8 Å². The van der Waals surface area contributed by atoms with Gasteiger partial charge in [0.1, 0.15) is 0 Å². The number of aliphatic hydroxyl groups is 1. The van der Waals surface area contributed by atoms with Gasteiger partial charge < -0.3 is 5.11 Å². The van der Waals surface area contributed by atoms with Crippen LogP contribution in [0.15, 0.2) is 46.8 Å². The first kappa shape index (κ1) is 14.9. The highest BCUT2D eigenvalue weighted by molar-refractivity contribution is 7.11. The van der Waals surface area contributed by atoms with E-state index in [1.807, 2.05) is 12.3 Å². The van der Waals surface area contributed by atoms with E-state index < -0.39 is 0 Å². The van der Waals surface area contributed by atoms with Gasteiger partial charge in [0, 0.05) is 11.1 Å². The molecule has 124 valence electrons. The topological polar surface area (TPSA) is 32.6 Å².